The monoisotopic (exact) mass is 234 g/mol. The number of carboxylic acids is 1. The van der Waals surface area contributed by atoms with E-state index in [1.807, 2.05) is 0 Å². The van der Waals surface area contributed by atoms with Crippen molar-refractivity contribution in [2.45, 2.75) is 19.6 Å². The number of hydrogen-bond acceptors (Lipinski definition) is 3. The standard InChI is InChI=1S/C13H14O4/c1-4-9(2)17-8-10-5-6-11(13(14)15)12(7-10)16-3/h1,5-7,9H,8H2,2-3H3,(H,14,15). The Morgan fingerprint density at radius 3 is 2.82 bits per heavy atom. The molecule has 17 heavy (non-hydrogen) atoms. The minimum atomic E-state index is -1.02. The lowest BCUT2D eigenvalue weighted by Gasteiger charge is -2.10. The molecule has 1 aromatic rings. The summed E-state index contributed by atoms with van der Waals surface area (Å²) >= 11 is 0. The molecule has 0 bridgehead atoms. The molecule has 0 radical (unpaired) electrons. The average molecular weight is 234 g/mol. The molecule has 0 aromatic heterocycles. The molecule has 0 saturated heterocycles. The van der Waals surface area contributed by atoms with Gasteiger partial charge in [-0.3, -0.25) is 0 Å². The van der Waals surface area contributed by atoms with Gasteiger partial charge in [-0.1, -0.05) is 12.0 Å². The van der Waals surface area contributed by atoms with E-state index in [2.05, 4.69) is 5.92 Å². The highest BCUT2D eigenvalue weighted by atomic mass is 16.5. The van der Waals surface area contributed by atoms with Gasteiger partial charge >= 0.3 is 5.97 Å². The lowest BCUT2D eigenvalue weighted by molar-refractivity contribution is 0.0692. The molecule has 4 heteroatoms. The molecule has 1 rings (SSSR count). The fourth-order valence-corrected chi connectivity index (χ4v) is 1.27. The molecule has 1 unspecified atom stereocenters. The number of rotatable bonds is 5. The second kappa shape index (κ2) is 5.92. The van der Waals surface area contributed by atoms with Crippen LogP contribution in [-0.2, 0) is 11.3 Å². The zero-order valence-electron chi connectivity index (χ0n) is 9.77. The van der Waals surface area contributed by atoms with Gasteiger partial charge in [0.05, 0.1) is 13.7 Å². The van der Waals surface area contributed by atoms with Crippen LogP contribution in [0.2, 0.25) is 0 Å². The van der Waals surface area contributed by atoms with Crippen molar-refractivity contribution in [2.75, 3.05) is 7.11 Å². The smallest absolute Gasteiger partial charge is 0.339 e. The van der Waals surface area contributed by atoms with Gasteiger partial charge in [0.25, 0.3) is 0 Å². The van der Waals surface area contributed by atoms with Crippen LogP contribution in [0.1, 0.15) is 22.8 Å². The molecule has 4 nitrogen and oxygen atoms in total. The van der Waals surface area contributed by atoms with E-state index in [1.165, 1.54) is 13.2 Å². The third kappa shape index (κ3) is 3.51. The van der Waals surface area contributed by atoms with Gasteiger partial charge in [-0.25, -0.2) is 4.79 Å². The highest BCUT2D eigenvalue weighted by molar-refractivity contribution is 5.90. The van der Waals surface area contributed by atoms with Crippen LogP contribution in [0, 0.1) is 12.3 Å². The topological polar surface area (TPSA) is 55.8 Å². The molecule has 1 aromatic carbocycles. The number of carboxylic acid groups (broad SMARTS) is 1. The summed E-state index contributed by atoms with van der Waals surface area (Å²) in [4.78, 5) is 10.9. The van der Waals surface area contributed by atoms with Crippen LogP contribution in [0.4, 0.5) is 0 Å². The fourth-order valence-electron chi connectivity index (χ4n) is 1.27. The summed E-state index contributed by atoms with van der Waals surface area (Å²) in [5.41, 5.74) is 0.940. The fraction of sp³-hybridized carbons (Fsp3) is 0.308. The Hall–Kier alpha value is -1.99. The van der Waals surface area contributed by atoms with Crippen LogP contribution in [0.15, 0.2) is 18.2 Å². The van der Waals surface area contributed by atoms with Gasteiger partial charge in [0, 0.05) is 0 Å². The first-order chi connectivity index (χ1) is 8.08. The van der Waals surface area contributed by atoms with Crippen molar-refractivity contribution >= 4 is 5.97 Å². The second-order valence-electron chi connectivity index (χ2n) is 3.46. The molecular weight excluding hydrogens is 220 g/mol. The molecule has 0 amide bonds. The zero-order chi connectivity index (χ0) is 12.8. The van der Waals surface area contributed by atoms with E-state index in [0.717, 1.165) is 5.56 Å². The minimum Gasteiger partial charge on any atom is -0.496 e. The van der Waals surface area contributed by atoms with E-state index < -0.39 is 5.97 Å². The predicted molar refractivity (Wildman–Crippen MR) is 63.0 cm³/mol. The van der Waals surface area contributed by atoms with Crippen LogP contribution in [0.25, 0.3) is 0 Å². The lowest BCUT2D eigenvalue weighted by atomic mass is 10.1. The molecule has 0 fully saturated rings. The zero-order valence-corrected chi connectivity index (χ0v) is 9.77. The Kier molecular flexibility index (Phi) is 4.56. The highest BCUT2D eigenvalue weighted by Gasteiger charge is 2.11. The van der Waals surface area contributed by atoms with Crippen LogP contribution in [-0.4, -0.2) is 24.3 Å². The maximum atomic E-state index is 10.9. The van der Waals surface area contributed by atoms with Crippen LogP contribution in [0.3, 0.4) is 0 Å². The highest BCUT2D eigenvalue weighted by Crippen LogP contribution is 2.20. The molecule has 0 heterocycles. The molecule has 0 aliphatic rings. The Morgan fingerprint density at radius 1 is 1.59 bits per heavy atom. The molecule has 90 valence electrons. The predicted octanol–water partition coefficient (Wildman–Crippen LogP) is 1.93. The Balaban J connectivity index is 2.83. The van der Waals surface area contributed by atoms with Gasteiger partial charge in [0.15, 0.2) is 0 Å². The molecule has 0 aliphatic carbocycles. The van der Waals surface area contributed by atoms with Gasteiger partial charge in [0.1, 0.15) is 17.4 Å². The number of hydrogen-bond donors (Lipinski definition) is 1. The molecule has 0 aliphatic heterocycles. The van der Waals surface area contributed by atoms with Gasteiger partial charge < -0.3 is 14.6 Å². The van der Waals surface area contributed by atoms with Crippen molar-refractivity contribution in [3.63, 3.8) is 0 Å². The third-order valence-corrected chi connectivity index (χ3v) is 2.23. The lowest BCUT2D eigenvalue weighted by Crippen LogP contribution is -2.06. The summed E-state index contributed by atoms with van der Waals surface area (Å²) in [5, 5.41) is 8.91. The Bertz CT molecular complexity index is 445. The maximum Gasteiger partial charge on any atom is 0.339 e. The number of methoxy groups -OCH3 is 1. The summed E-state index contributed by atoms with van der Waals surface area (Å²) in [7, 11) is 1.43. The number of terminal acetylenes is 1. The van der Waals surface area contributed by atoms with Crippen LogP contribution in [0.5, 0.6) is 5.75 Å². The van der Waals surface area contributed by atoms with Gasteiger partial charge in [-0.05, 0) is 24.6 Å². The maximum absolute atomic E-state index is 10.9. The summed E-state index contributed by atoms with van der Waals surface area (Å²) < 4.78 is 10.3. The quantitative estimate of drug-likeness (QED) is 0.791. The largest absolute Gasteiger partial charge is 0.496 e. The average Bonchev–Trinajstić information content (AvgIpc) is 2.35. The normalized spacial score (nSPS) is 11.6. The number of aromatic carboxylic acids is 1. The van der Waals surface area contributed by atoms with E-state index >= 15 is 0 Å². The summed E-state index contributed by atoms with van der Waals surface area (Å²) in [6.45, 7) is 2.09. The van der Waals surface area contributed by atoms with Crippen LogP contribution < -0.4 is 4.74 Å². The van der Waals surface area contributed by atoms with Crippen molar-refractivity contribution in [1.82, 2.24) is 0 Å². The van der Waals surface area contributed by atoms with Gasteiger partial charge in [0.2, 0.25) is 0 Å². The van der Waals surface area contributed by atoms with E-state index in [4.69, 9.17) is 21.0 Å². The second-order valence-corrected chi connectivity index (χ2v) is 3.46. The number of benzene rings is 1. The van der Waals surface area contributed by atoms with Crippen molar-refractivity contribution in [3.8, 4) is 18.1 Å². The number of ether oxygens (including phenoxy) is 2. The first-order valence-electron chi connectivity index (χ1n) is 5.06. The van der Waals surface area contributed by atoms with Crippen molar-refractivity contribution in [3.05, 3.63) is 29.3 Å². The summed E-state index contributed by atoms with van der Waals surface area (Å²) in [6.07, 6.45) is 4.90. The third-order valence-electron chi connectivity index (χ3n) is 2.23. The first-order valence-corrected chi connectivity index (χ1v) is 5.06. The van der Waals surface area contributed by atoms with E-state index in [9.17, 15) is 4.79 Å². The minimum absolute atomic E-state index is 0.126. The van der Waals surface area contributed by atoms with Crippen molar-refractivity contribution < 1.29 is 19.4 Å². The number of carbonyl (C=O) groups is 1. The van der Waals surface area contributed by atoms with Crippen LogP contribution >= 0.6 is 0 Å². The van der Waals surface area contributed by atoms with Crippen molar-refractivity contribution in [2.24, 2.45) is 0 Å². The first kappa shape index (κ1) is 13.1. The summed E-state index contributed by atoms with van der Waals surface area (Å²) in [6, 6.07) is 4.79. The van der Waals surface area contributed by atoms with E-state index in [0.29, 0.717) is 12.4 Å². The summed E-state index contributed by atoms with van der Waals surface area (Å²) in [5.74, 6) is 1.74. The molecule has 0 saturated carbocycles. The molecular formula is C13H14O4. The van der Waals surface area contributed by atoms with Gasteiger partial charge in [-0.15, -0.1) is 6.42 Å². The molecule has 1 N–H and O–H groups in total. The van der Waals surface area contributed by atoms with E-state index in [-0.39, 0.29) is 11.7 Å². The SMILES string of the molecule is C#CC(C)OCc1ccc(C(=O)O)c(OC)c1. The van der Waals surface area contributed by atoms with Crippen molar-refractivity contribution in [1.29, 1.82) is 0 Å². The Labute approximate surface area is 100 Å². The molecule has 1 atom stereocenters. The van der Waals surface area contributed by atoms with E-state index in [1.54, 1.807) is 19.1 Å². The molecule has 0 spiro atoms. The van der Waals surface area contributed by atoms with Gasteiger partial charge in [-0.2, -0.15) is 0 Å². The Morgan fingerprint density at radius 2 is 2.29 bits per heavy atom.